The van der Waals surface area contributed by atoms with Gasteiger partial charge < -0.3 is 5.73 Å². The molecular formula is C11H15ClFN. The second-order valence-corrected chi connectivity index (χ2v) is 3.81. The molecule has 14 heavy (non-hydrogen) atoms. The molecule has 1 fully saturated rings. The molecule has 0 heterocycles. The minimum Gasteiger partial charge on any atom is -0.324 e. The lowest BCUT2D eigenvalue weighted by molar-refractivity contribution is 0.543. The van der Waals surface area contributed by atoms with E-state index in [0.29, 0.717) is 5.56 Å². The van der Waals surface area contributed by atoms with Crippen molar-refractivity contribution in [2.75, 3.05) is 0 Å². The molecule has 1 atom stereocenters. The van der Waals surface area contributed by atoms with E-state index in [1.807, 2.05) is 6.07 Å². The summed E-state index contributed by atoms with van der Waals surface area (Å²) in [5, 5.41) is 0. The van der Waals surface area contributed by atoms with E-state index in [0.717, 1.165) is 12.3 Å². The zero-order valence-electron chi connectivity index (χ0n) is 7.95. The fourth-order valence-corrected chi connectivity index (χ4v) is 1.62. The lowest BCUT2D eigenvalue weighted by atomic mass is 10.0. The predicted octanol–water partition coefficient (Wildman–Crippen LogP) is 3.05. The van der Waals surface area contributed by atoms with Gasteiger partial charge in [0, 0.05) is 11.6 Å². The van der Waals surface area contributed by atoms with Crippen LogP contribution in [0.5, 0.6) is 0 Å². The van der Waals surface area contributed by atoms with Crippen LogP contribution in [-0.2, 0) is 0 Å². The summed E-state index contributed by atoms with van der Waals surface area (Å²) in [6, 6.07) is 6.67. The molecule has 1 aromatic rings. The first kappa shape index (κ1) is 11.5. The number of hydrogen-bond acceptors (Lipinski definition) is 1. The maximum atomic E-state index is 13.2. The predicted molar refractivity (Wildman–Crippen MR) is 57.9 cm³/mol. The monoisotopic (exact) mass is 215 g/mol. The molecule has 0 aliphatic heterocycles. The van der Waals surface area contributed by atoms with Gasteiger partial charge in [0.15, 0.2) is 0 Å². The lowest BCUT2D eigenvalue weighted by Gasteiger charge is -2.11. The van der Waals surface area contributed by atoms with Crippen LogP contribution in [-0.4, -0.2) is 0 Å². The molecule has 0 saturated heterocycles. The Hall–Kier alpha value is -0.600. The normalized spacial score (nSPS) is 17.3. The van der Waals surface area contributed by atoms with Gasteiger partial charge in [-0.05, 0) is 18.4 Å². The highest BCUT2D eigenvalue weighted by molar-refractivity contribution is 5.85. The third-order valence-corrected chi connectivity index (χ3v) is 2.59. The molecule has 78 valence electrons. The van der Waals surface area contributed by atoms with Crippen LogP contribution in [0.15, 0.2) is 24.3 Å². The molecule has 1 aliphatic carbocycles. The summed E-state index contributed by atoms with van der Waals surface area (Å²) in [7, 11) is 0. The smallest absolute Gasteiger partial charge is 0.127 e. The van der Waals surface area contributed by atoms with Crippen molar-refractivity contribution in [2.24, 2.45) is 11.7 Å². The summed E-state index contributed by atoms with van der Waals surface area (Å²) in [4.78, 5) is 0. The average molecular weight is 216 g/mol. The van der Waals surface area contributed by atoms with Crippen molar-refractivity contribution >= 4 is 12.4 Å². The highest BCUT2D eigenvalue weighted by Gasteiger charge is 2.25. The number of hydrogen-bond donors (Lipinski definition) is 1. The lowest BCUT2D eigenvalue weighted by Crippen LogP contribution is -2.12. The summed E-state index contributed by atoms with van der Waals surface area (Å²) in [5.74, 6) is 0.574. The minimum atomic E-state index is -0.171. The highest BCUT2D eigenvalue weighted by Crippen LogP contribution is 2.37. The van der Waals surface area contributed by atoms with Gasteiger partial charge in [-0.3, -0.25) is 0 Å². The van der Waals surface area contributed by atoms with E-state index in [1.54, 1.807) is 12.1 Å². The van der Waals surface area contributed by atoms with Crippen LogP contribution >= 0.6 is 12.4 Å². The molecule has 0 spiro atoms. The first-order chi connectivity index (χ1) is 6.27. The second kappa shape index (κ2) is 4.76. The number of nitrogens with two attached hydrogens (primary N) is 1. The standard InChI is InChI=1S/C11H14FN.ClH/c12-10-4-2-1-3-9(10)11(13)7-8-5-6-8;/h1-4,8,11H,5-7,13H2;1H/t11-;/m0./s1. The Balaban J connectivity index is 0.000000980. The fraction of sp³-hybridized carbons (Fsp3) is 0.455. The third-order valence-electron chi connectivity index (χ3n) is 2.59. The van der Waals surface area contributed by atoms with Crippen LogP contribution in [0.3, 0.4) is 0 Å². The van der Waals surface area contributed by atoms with E-state index in [-0.39, 0.29) is 24.3 Å². The maximum absolute atomic E-state index is 13.2. The van der Waals surface area contributed by atoms with Crippen molar-refractivity contribution in [3.05, 3.63) is 35.6 Å². The Bertz CT molecular complexity index is 299. The van der Waals surface area contributed by atoms with Crippen molar-refractivity contribution in [3.8, 4) is 0 Å². The van der Waals surface area contributed by atoms with Gasteiger partial charge in [0.1, 0.15) is 5.82 Å². The molecule has 1 aliphatic rings. The summed E-state index contributed by atoms with van der Waals surface area (Å²) >= 11 is 0. The third kappa shape index (κ3) is 2.69. The van der Waals surface area contributed by atoms with E-state index >= 15 is 0 Å². The quantitative estimate of drug-likeness (QED) is 0.824. The summed E-state index contributed by atoms with van der Waals surface area (Å²) in [6.07, 6.45) is 3.46. The number of rotatable bonds is 3. The van der Waals surface area contributed by atoms with Gasteiger partial charge in [-0.1, -0.05) is 31.0 Å². The molecule has 1 aromatic carbocycles. The zero-order chi connectivity index (χ0) is 9.26. The second-order valence-electron chi connectivity index (χ2n) is 3.81. The van der Waals surface area contributed by atoms with Crippen LogP contribution in [0.4, 0.5) is 4.39 Å². The Labute approximate surface area is 89.9 Å². The van der Waals surface area contributed by atoms with Crippen molar-refractivity contribution in [3.63, 3.8) is 0 Å². The van der Waals surface area contributed by atoms with E-state index in [1.165, 1.54) is 18.9 Å². The van der Waals surface area contributed by atoms with E-state index < -0.39 is 0 Å². The van der Waals surface area contributed by atoms with Gasteiger partial charge >= 0.3 is 0 Å². The molecule has 1 nitrogen and oxygen atoms in total. The minimum absolute atomic E-state index is 0. The zero-order valence-corrected chi connectivity index (χ0v) is 8.77. The summed E-state index contributed by atoms with van der Waals surface area (Å²) in [6.45, 7) is 0. The van der Waals surface area contributed by atoms with E-state index in [9.17, 15) is 4.39 Å². The summed E-state index contributed by atoms with van der Waals surface area (Å²) in [5.41, 5.74) is 6.56. The van der Waals surface area contributed by atoms with Gasteiger partial charge in [0.05, 0.1) is 0 Å². The van der Waals surface area contributed by atoms with Gasteiger partial charge in [-0.15, -0.1) is 12.4 Å². The molecule has 1 saturated carbocycles. The Morgan fingerprint density at radius 3 is 2.57 bits per heavy atom. The van der Waals surface area contributed by atoms with Gasteiger partial charge in [0.2, 0.25) is 0 Å². The van der Waals surface area contributed by atoms with Crippen molar-refractivity contribution in [1.82, 2.24) is 0 Å². The highest BCUT2D eigenvalue weighted by atomic mass is 35.5. The van der Waals surface area contributed by atoms with E-state index in [4.69, 9.17) is 5.73 Å². The van der Waals surface area contributed by atoms with Crippen LogP contribution in [0.1, 0.15) is 30.9 Å². The fourth-order valence-electron chi connectivity index (χ4n) is 1.62. The van der Waals surface area contributed by atoms with Gasteiger partial charge in [-0.25, -0.2) is 4.39 Å². The number of benzene rings is 1. The molecule has 0 unspecified atom stereocenters. The van der Waals surface area contributed by atoms with Crippen LogP contribution in [0.2, 0.25) is 0 Å². The molecule has 0 amide bonds. The summed E-state index contributed by atoms with van der Waals surface area (Å²) < 4.78 is 13.2. The molecule has 0 radical (unpaired) electrons. The molecular weight excluding hydrogens is 201 g/mol. The average Bonchev–Trinajstić information content (AvgIpc) is 2.89. The van der Waals surface area contributed by atoms with Crippen molar-refractivity contribution in [2.45, 2.75) is 25.3 Å². The van der Waals surface area contributed by atoms with Crippen LogP contribution < -0.4 is 5.73 Å². The number of halogens is 2. The van der Waals surface area contributed by atoms with E-state index in [2.05, 4.69) is 0 Å². The van der Waals surface area contributed by atoms with Crippen molar-refractivity contribution in [1.29, 1.82) is 0 Å². The topological polar surface area (TPSA) is 26.0 Å². The first-order valence-corrected chi connectivity index (χ1v) is 4.77. The molecule has 2 rings (SSSR count). The Morgan fingerprint density at radius 2 is 2.00 bits per heavy atom. The molecule has 2 N–H and O–H groups in total. The maximum Gasteiger partial charge on any atom is 0.127 e. The van der Waals surface area contributed by atoms with Crippen LogP contribution in [0.25, 0.3) is 0 Å². The largest absolute Gasteiger partial charge is 0.324 e. The SMILES string of the molecule is Cl.N[C@@H](CC1CC1)c1ccccc1F. The first-order valence-electron chi connectivity index (χ1n) is 4.77. The molecule has 0 bridgehead atoms. The molecule has 3 heteroatoms. The van der Waals surface area contributed by atoms with Gasteiger partial charge in [-0.2, -0.15) is 0 Å². The Kier molecular flexibility index (Phi) is 3.90. The van der Waals surface area contributed by atoms with Crippen molar-refractivity contribution < 1.29 is 4.39 Å². The van der Waals surface area contributed by atoms with Gasteiger partial charge in [0.25, 0.3) is 0 Å². The van der Waals surface area contributed by atoms with Crippen LogP contribution in [0, 0.1) is 11.7 Å². The Morgan fingerprint density at radius 1 is 1.36 bits per heavy atom. The molecule has 0 aromatic heterocycles.